The fraction of sp³-hybridized carbons (Fsp3) is 0.233. The number of aliphatic carboxylic acids is 2. The molecule has 4 unspecified atom stereocenters. The molecule has 3 aromatic carbocycles. The lowest BCUT2D eigenvalue weighted by atomic mass is 10.0. The van der Waals surface area contributed by atoms with Gasteiger partial charge in [-0.2, -0.15) is 8.42 Å². The molecule has 0 radical (unpaired) electrons. The van der Waals surface area contributed by atoms with Gasteiger partial charge in [0.2, 0.25) is 6.10 Å². The summed E-state index contributed by atoms with van der Waals surface area (Å²) in [5.74, 6) is -3.45. The molecule has 3 rings (SSSR count). The van der Waals surface area contributed by atoms with Crippen LogP contribution >= 0.6 is 0 Å². The first-order chi connectivity index (χ1) is 22.2. The summed E-state index contributed by atoms with van der Waals surface area (Å²) in [6, 6.07) is 11.4. The van der Waals surface area contributed by atoms with Crippen molar-refractivity contribution < 1.29 is 75.6 Å². The number of carbonyl (C=O) groups is 3. The van der Waals surface area contributed by atoms with Crippen LogP contribution in [0, 0.1) is 0 Å². The molecule has 0 spiro atoms. The Balaban J connectivity index is 1.85. The molecule has 0 aliphatic carbocycles. The minimum atomic E-state index is -4.88. The average molecular weight is 679 g/mol. The van der Waals surface area contributed by atoms with Crippen LogP contribution in [-0.4, -0.2) is 85.2 Å². The molecular formula is C30H30O16S. The summed E-state index contributed by atoms with van der Waals surface area (Å²) in [7, 11) is -1.18. The van der Waals surface area contributed by atoms with Crippen molar-refractivity contribution in [3.63, 3.8) is 0 Å². The molecule has 0 amide bonds. The van der Waals surface area contributed by atoms with Crippen LogP contribution in [0.3, 0.4) is 0 Å². The number of hydrogen-bond acceptors (Lipinski definition) is 13. The van der Waals surface area contributed by atoms with Crippen LogP contribution in [0.1, 0.15) is 28.9 Å². The lowest BCUT2D eigenvalue weighted by Gasteiger charge is -2.24. The molecule has 0 bridgehead atoms. The monoisotopic (exact) mass is 678 g/mol. The topological polar surface area (TPSA) is 242 Å². The predicted octanol–water partition coefficient (Wildman–Crippen LogP) is 2.24. The highest BCUT2D eigenvalue weighted by atomic mass is 32.3. The van der Waals surface area contributed by atoms with Gasteiger partial charge in [-0.1, -0.05) is 18.2 Å². The van der Waals surface area contributed by atoms with E-state index >= 15 is 0 Å². The van der Waals surface area contributed by atoms with Crippen LogP contribution in [0.5, 0.6) is 34.5 Å². The zero-order valence-corrected chi connectivity index (χ0v) is 25.7. The molecule has 0 aliphatic rings. The first-order valence-electron chi connectivity index (χ1n) is 13.2. The summed E-state index contributed by atoms with van der Waals surface area (Å²) >= 11 is 0. The quantitative estimate of drug-likeness (QED) is 0.0781. The van der Waals surface area contributed by atoms with Gasteiger partial charge in [0.15, 0.2) is 46.9 Å². The SMILES string of the molecule is COc1cc(C(O)C(Oc2ccc(/C=C/C(=O)O)cc2OC)C(=O)O)ccc1OC(C=O)C(O)c1ccc(OS(=O)(=O)O)c(OC)c1. The van der Waals surface area contributed by atoms with Crippen molar-refractivity contribution in [3.8, 4) is 34.5 Å². The number of methoxy groups -OCH3 is 3. The molecule has 0 aromatic heterocycles. The van der Waals surface area contributed by atoms with Crippen LogP contribution in [0.4, 0.5) is 0 Å². The number of benzene rings is 3. The van der Waals surface area contributed by atoms with Crippen molar-refractivity contribution in [2.24, 2.45) is 0 Å². The third kappa shape index (κ3) is 9.57. The lowest BCUT2D eigenvalue weighted by Crippen LogP contribution is -2.34. The molecule has 4 atom stereocenters. The number of rotatable bonds is 17. The summed E-state index contributed by atoms with van der Waals surface area (Å²) in [6.45, 7) is 0. The molecule has 252 valence electrons. The Morgan fingerprint density at radius 3 is 1.77 bits per heavy atom. The number of ether oxygens (including phenoxy) is 5. The van der Waals surface area contributed by atoms with Crippen LogP contribution < -0.4 is 27.9 Å². The number of hydrogen-bond donors (Lipinski definition) is 5. The molecule has 0 fully saturated rings. The zero-order valence-electron chi connectivity index (χ0n) is 24.9. The fourth-order valence-electron chi connectivity index (χ4n) is 4.13. The van der Waals surface area contributed by atoms with E-state index in [0.29, 0.717) is 5.56 Å². The number of carbonyl (C=O) groups excluding carboxylic acids is 1. The minimum Gasteiger partial charge on any atom is -0.493 e. The highest BCUT2D eigenvalue weighted by Gasteiger charge is 2.32. The van der Waals surface area contributed by atoms with Gasteiger partial charge >= 0.3 is 22.3 Å². The normalized spacial score (nSPS) is 13.9. The standard InChI is InChI=1S/C30H30O16S/c1-41-22-12-16(5-11-26(32)33)4-8-20(22)45-29(30(36)37)28(35)18-6-9-19(23(14-18)42-2)44-25(15-31)27(34)17-7-10-21(24(13-17)43-3)46-47(38,39)40/h4-15,25,27-29,34-35H,1-3H3,(H,32,33)(H,36,37)(H,38,39,40)/b11-5+. The Kier molecular flexibility index (Phi) is 12.1. The van der Waals surface area contributed by atoms with E-state index in [-0.39, 0.29) is 46.2 Å². The molecule has 17 heteroatoms. The third-order valence-electron chi connectivity index (χ3n) is 6.35. The summed E-state index contributed by atoms with van der Waals surface area (Å²) < 4.78 is 62.3. The Labute approximate surface area is 267 Å². The Morgan fingerprint density at radius 2 is 1.23 bits per heavy atom. The smallest absolute Gasteiger partial charge is 0.446 e. The van der Waals surface area contributed by atoms with Crippen LogP contribution in [0.15, 0.2) is 60.7 Å². The molecule has 0 aliphatic heterocycles. The van der Waals surface area contributed by atoms with Crippen molar-refractivity contribution >= 4 is 34.7 Å². The van der Waals surface area contributed by atoms with Crippen LogP contribution in [0.25, 0.3) is 6.08 Å². The van der Waals surface area contributed by atoms with Gasteiger partial charge in [0, 0.05) is 6.08 Å². The number of carboxylic acids is 2. The number of aliphatic hydroxyl groups excluding tert-OH is 2. The van der Waals surface area contributed by atoms with Gasteiger partial charge in [-0.15, -0.1) is 0 Å². The van der Waals surface area contributed by atoms with Crippen molar-refractivity contribution in [2.45, 2.75) is 24.4 Å². The van der Waals surface area contributed by atoms with E-state index < -0.39 is 52.5 Å². The summed E-state index contributed by atoms with van der Waals surface area (Å²) in [5, 5.41) is 40.5. The van der Waals surface area contributed by atoms with Crippen molar-refractivity contribution in [1.82, 2.24) is 0 Å². The van der Waals surface area contributed by atoms with Gasteiger partial charge in [-0.05, 0) is 59.2 Å². The average Bonchev–Trinajstić information content (AvgIpc) is 3.03. The number of aldehydes is 1. The molecular weight excluding hydrogens is 648 g/mol. The Bertz CT molecular complexity index is 1740. The highest BCUT2D eigenvalue weighted by Crippen LogP contribution is 2.37. The van der Waals surface area contributed by atoms with Crippen molar-refractivity contribution in [3.05, 3.63) is 77.4 Å². The maximum Gasteiger partial charge on any atom is 0.446 e. The van der Waals surface area contributed by atoms with Gasteiger partial charge in [-0.25, -0.2) is 9.59 Å². The second kappa shape index (κ2) is 15.8. The zero-order chi connectivity index (χ0) is 34.9. The van der Waals surface area contributed by atoms with E-state index in [0.717, 1.165) is 18.2 Å². The fourth-order valence-corrected chi connectivity index (χ4v) is 4.50. The van der Waals surface area contributed by atoms with Gasteiger partial charge in [0.25, 0.3) is 0 Å². The van der Waals surface area contributed by atoms with Gasteiger partial charge in [-0.3, -0.25) is 9.35 Å². The van der Waals surface area contributed by atoms with Crippen molar-refractivity contribution in [2.75, 3.05) is 21.3 Å². The van der Waals surface area contributed by atoms with E-state index in [1.165, 1.54) is 69.9 Å². The Morgan fingerprint density at radius 1 is 0.723 bits per heavy atom. The molecule has 16 nitrogen and oxygen atoms in total. The van der Waals surface area contributed by atoms with E-state index in [9.17, 15) is 38.1 Å². The maximum atomic E-state index is 12.1. The molecule has 3 aromatic rings. The van der Waals surface area contributed by atoms with E-state index in [1.54, 1.807) is 0 Å². The summed E-state index contributed by atoms with van der Waals surface area (Å²) in [4.78, 5) is 34.9. The van der Waals surface area contributed by atoms with Gasteiger partial charge in [0.05, 0.1) is 21.3 Å². The molecule has 5 N–H and O–H groups in total. The van der Waals surface area contributed by atoms with E-state index in [4.69, 9.17) is 33.3 Å². The van der Waals surface area contributed by atoms with Crippen LogP contribution in [-0.2, 0) is 24.8 Å². The second-order valence-electron chi connectivity index (χ2n) is 9.40. The first-order valence-corrected chi connectivity index (χ1v) is 14.6. The minimum absolute atomic E-state index is 0.00365. The summed E-state index contributed by atoms with van der Waals surface area (Å²) in [6.07, 6.45) is -4.37. The predicted molar refractivity (Wildman–Crippen MR) is 160 cm³/mol. The molecule has 0 heterocycles. The summed E-state index contributed by atoms with van der Waals surface area (Å²) in [5.41, 5.74) is 0.463. The maximum absolute atomic E-state index is 12.1. The number of aliphatic hydroxyl groups is 2. The number of carboxylic acid groups (broad SMARTS) is 2. The second-order valence-corrected chi connectivity index (χ2v) is 10.4. The molecule has 0 saturated heterocycles. The van der Waals surface area contributed by atoms with Crippen molar-refractivity contribution in [1.29, 1.82) is 0 Å². The highest BCUT2D eigenvalue weighted by molar-refractivity contribution is 7.81. The van der Waals surface area contributed by atoms with Crippen LogP contribution in [0.2, 0.25) is 0 Å². The van der Waals surface area contributed by atoms with E-state index in [1.807, 2.05) is 0 Å². The molecule has 0 saturated carbocycles. The molecule has 47 heavy (non-hydrogen) atoms. The largest absolute Gasteiger partial charge is 0.493 e. The Hall–Kier alpha value is -5.36. The van der Waals surface area contributed by atoms with E-state index in [2.05, 4.69) is 4.18 Å². The van der Waals surface area contributed by atoms with Gasteiger partial charge in [0.1, 0.15) is 12.2 Å². The van der Waals surface area contributed by atoms with Gasteiger partial charge < -0.3 is 48.3 Å². The first kappa shape index (κ1) is 36.1. The third-order valence-corrected chi connectivity index (χ3v) is 6.74. The lowest BCUT2D eigenvalue weighted by molar-refractivity contribution is -0.151.